The SMILES string of the molecule is CCN(CC)S(=O)(=O)c1ccc2c(c1)nc(CCC(=O)NCc1cccnc1)n2CC. The van der Waals surface area contributed by atoms with E-state index in [1.54, 1.807) is 30.6 Å². The van der Waals surface area contributed by atoms with Crippen LogP contribution < -0.4 is 5.32 Å². The van der Waals surface area contributed by atoms with Crippen molar-refractivity contribution in [3.63, 3.8) is 0 Å². The molecule has 166 valence electrons. The van der Waals surface area contributed by atoms with Gasteiger partial charge in [0.25, 0.3) is 0 Å². The predicted molar refractivity (Wildman–Crippen MR) is 120 cm³/mol. The number of sulfonamides is 1. The third-order valence-corrected chi connectivity index (χ3v) is 7.29. The summed E-state index contributed by atoms with van der Waals surface area (Å²) < 4.78 is 29.1. The number of carbonyl (C=O) groups excluding carboxylic acids is 1. The molecule has 0 radical (unpaired) electrons. The molecule has 0 atom stereocenters. The second-order valence-corrected chi connectivity index (χ2v) is 9.09. The third kappa shape index (κ3) is 5.11. The molecule has 31 heavy (non-hydrogen) atoms. The number of aryl methyl sites for hydroxylation is 2. The van der Waals surface area contributed by atoms with Crippen molar-refractivity contribution in [1.82, 2.24) is 24.2 Å². The third-order valence-electron chi connectivity index (χ3n) is 5.25. The molecule has 0 fully saturated rings. The number of hydrogen-bond donors (Lipinski definition) is 1. The van der Waals surface area contributed by atoms with Crippen LogP contribution in [0.1, 0.15) is 38.6 Å². The van der Waals surface area contributed by atoms with E-state index < -0.39 is 10.0 Å². The number of carbonyl (C=O) groups is 1. The molecule has 0 saturated heterocycles. The molecule has 9 heteroatoms. The minimum Gasteiger partial charge on any atom is -0.352 e. The minimum absolute atomic E-state index is 0.0663. The topological polar surface area (TPSA) is 97.2 Å². The molecule has 3 rings (SSSR count). The Morgan fingerprint density at radius 1 is 1.16 bits per heavy atom. The van der Waals surface area contributed by atoms with Crippen molar-refractivity contribution in [3.8, 4) is 0 Å². The molecule has 0 spiro atoms. The van der Waals surface area contributed by atoms with Crippen LogP contribution in [0, 0.1) is 0 Å². The Balaban J connectivity index is 1.76. The van der Waals surface area contributed by atoms with Crippen LogP contribution in [0.4, 0.5) is 0 Å². The van der Waals surface area contributed by atoms with Crippen molar-refractivity contribution < 1.29 is 13.2 Å². The highest BCUT2D eigenvalue weighted by Crippen LogP contribution is 2.23. The quantitative estimate of drug-likeness (QED) is 0.520. The summed E-state index contributed by atoms with van der Waals surface area (Å²) in [7, 11) is -3.55. The van der Waals surface area contributed by atoms with E-state index in [4.69, 9.17) is 0 Å². The van der Waals surface area contributed by atoms with E-state index in [1.165, 1.54) is 4.31 Å². The molecule has 0 aliphatic rings. The summed E-state index contributed by atoms with van der Waals surface area (Å²) in [6.07, 6.45) is 4.19. The van der Waals surface area contributed by atoms with Crippen molar-refractivity contribution in [2.45, 2.75) is 51.6 Å². The van der Waals surface area contributed by atoms with E-state index >= 15 is 0 Å². The molecule has 8 nitrogen and oxygen atoms in total. The van der Waals surface area contributed by atoms with Crippen molar-refractivity contribution >= 4 is 27.0 Å². The first-order valence-corrected chi connectivity index (χ1v) is 12.0. The first-order chi connectivity index (χ1) is 14.9. The van der Waals surface area contributed by atoms with Gasteiger partial charge in [0.15, 0.2) is 0 Å². The molecular formula is C22H29N5O3S. The number of hydrogen-bond acceptors (Lipinski definition) is 5. The van der Waals surface area contributed by atoms with Gasteiger partial charge in [0, 0.05) is 51.4 Å². The fraction of sp³-hybridized carbons (Fsp3) is 0.409. The van der Waals surface area contributed by atoms with Gasteiger partial charge in [0.1, 0.15) is 5.82 Å². The Morgan fingerprint density at radius 2 is 1.94 bits per heavy atom. The highest BCUT2D eigenvalue weighted by atomic mass is 32.2. The number of benzene rings is 1. The zero-order valence-corrected chi connectivity index (χ0v) is 19.0. The van der Waals surface area contributed by atoms with E-state index in [0.717, 1.165) is 16.9 Å². The summed E-state index contributed by atoms with van der Waals surface area (Å²) in [6, 6.07) is 8.80. The lowest BCUT2D eigenvalue weighted by molar-refractivity contribution is -0.121. The number of amides is 1. The lowest BCUT2D eigenvalue weighted by Crippen LogP contribution is -2.30. The number of pyridine rings is 1. The molecule has 0 aliphatic heterocycles. The fourth-order valence-corrected chi connectivity index (χ4v) is 5.07. The summed E-state index contributed by atoms with van der Waals surface area (Å²) in [6.45, 7) is 7.60. The van der Waals surface area contributed by atoms with Gasteiger partial charge in [-0.15, -0.1) is 0 Å². The number of rotatable bonds is 10. The smallest absolute Gasteiger partial charge is 0.243 e. The Labute approximate surface area is 183 Å². The number of nitrogens with zero attached hydrogens (tertiary/aromatic N) is 4. The van der Waals surface area contributed by atoms with E-state index in [1.807, 2.05) is 37.5 Å². The molecule has 0 unspecified atom stereocenters. The summed E-state index contributed by atoms with van der Waals surface area (Å²) in [4.78, 5) is 21.2. The van der Waals surface area contributed by atoms with Crippen molar-refractivity contribution in [1.29, 1.82) is 0 Å². The van der Waals surface area contributed by atoms with Crippen LogP contribution in [0.2, 0.25) is 0 Å². The van der Waals surface area contributed by atoms with E-state index in [9.17, 15) is 13.2 Å². The van der Waals surface area contributed by atoms with Gasteiger partial charge in [-0.05, 0) is 36.8 Å². The second-order valence-electron chi connectivity index (χ2n) is 7.15. The molecule has 1 aromatic carbocycles. The van der Waals surface area contributed by atoms with Crippen LogP contribution in [0.3, 0.4) is 0 Å². The zero-order chi connectivity index (χ0) is 22.4. The average molecular weight is 444 g/mol. The highest BCUT2D eigenvalue weighted by Gasteiger charge is 2.23. The Kier molecular flexibility index (Phi) is 7.40. The van der Waals surface area contributed by atoms with Gasteiger partial charge < -0.3 is 9.88 Å². The molecule has 0 saturated carbocycles. The Morgan fingerprint density at radius 3 is 2.58 bits per heavy atom. The normalized spacial score (nSPS) is 11.9. The monoisotopic (exact) mass is 443 g/mol. The Bertz CT molecular complexity index is 1140. The maximum Gasteiger partial charge on any atom is 0.243 e. The maximum absolute atomic E-state index is 12.8. The van der Waals surface area contributed by atoms with E-state index in [-0.39, 0.29) is 10.8 Å². The average Bonchev–Trinajstić information content (AvgIpc) is 3.14. The van der Waals surface area contributed by atoms with Crippen LogP contribution in [-0.4, -0.2) is 46.3 Å². The van der Waals surface area contributed by atoms with E-state index in [0.29, 0.717) is 44.5 Å². The summed E-state index contributed by atoms with van der Waals surface area (Å²) in [5.74, 6) is 0.703. The van der Waals surface area contributed by atoms with Gasteiger partial charge in [0.05, 0.1) is 15.9 Å². The molecule has 0 bridgehead atoms. The van der Waals surface area contributed by atoms with Crippen molar-refractivity contribution in [3.05, 3.63) is 54.1 Å². The standard InChI is InChI=1S/C22H29N5O3S/c1-4-26(5-2)31(29,30)18-9-10-20-19(14-18)25-21(27(20)6-3)11-12-22(28)24-16-17-8-7-13-23-15-17/h7-10,13-15H,4-6,11-12,16H2,1-3H3,(H,24,28). The van der Waals surface area contributed by atoms with Gasteiger partial charge in [-0.1, -0.05) is 19.9 Å². The largest absolute Gasteiger partial charge is 0.352 e. The van der Waals surface area contributed by atoms with Crippen LogP contribution in [-0.2, 0) is 34.3 Å². The van der Waals surface area contributed by atoms with Gasteiger partial charge in [-0.25, -0.2) is 13.4 Å². The van der Waals surface area contributed by atoms with Gasteiger partial charge in [-0.2, -0.15) is 4.31 Å². The van der Waals surface area contributed by atoms with Crippen LogP contribution >= 0.6 is 0 Å². The molecule has 2 heterocycles. The predicted octanol–water partition coefficient (Wildman–Crippen LogP) is 2.73. The molecule has 0 aliphatic carbocycles. The van der Waals surface area contributed by atoms with Gasteiger partial charge in [0.2, 0.25) is 15.9 Å². The molecule has 3 aromatic rings. The van der Waals surface area contributed by atoms with Crippen LogP contribution in [0.25, 0.3) is 11.0 Å². The fourth-order valence-electron chi connectivity index (χ4n) is 3.59. The Hall–Kier alpha value is -2.78. The van der Waals surface area contributed by atoms with Crippen LogP contribution in [0.15, 0.2) is 47.6 Å². The molecule has 1 amide bonds. The maximum atomic E-state index is 12.8. The zero-order valence-electron chi connectivity index (χ0n) is 18.2. The summed E-state index contributed by atoms with van der Waals surface area (Å²) >= 11 is 0. The highest BCUT2D eigenvalue weighted by molar-refractivity contribution is 7.89. The number of nitrogens with one attached hydrogen (secondary N) is 1. The number of fused-ring (bicyclic) bond motifs is 1. The number of imidazole rings is 1. The van der Waals surface area contributed by atoms with Gasteiger partial charge in [-0.3, -0.25) is 9.78 Å². The number of aromatic nitrogens is 3. The van der Waals surface area contributed by atoms with Crippen LogP contribution in [0.5, 0.6) is 0 Å². The van der Waals surface area contributed by atoms with Crippen molar-refractivity contribution in [2.75, 3.05) is 13.1 Å². The second kappa shape index (κ2) is 10.0. The lowest BCUT2D eigenvalue weighted by Gasteiger charge is -2.18. The minimum atomic E-state index is -3.55. The molecule has 2 aromatic heterocycles. The molecule has 1 N–H and O–H groups in total. The summed E-state index contributed by atoms with van der Waals surface area (Å²) in [5.41, 5.74) is 2.44. The van der Waals surface area contributed by atoms with Crippen molar-refractivity contribution in [2.24, 2.45) is 0 Å². The first-order valence-electron chi connectivity index (χ1n) is 10.6. The molecular weight excluding hydrogens is 414 g/mol. The lowest BCUT2D eigenvalue weighted by atomic mass is 10.2. The first kappa shape index (κ1) is 22.9. The summed E-state index contributed by atoms with van der Waals surface area (Å²) in [5, 5.41) is 2.89. The van der Waals surface area contributed by atoms with E-state index in [2.05, 4.69) is 15.3 Å². The van der Waals surface area contributed by atoms with Gasteiger partial charge >= 0.3 is 0 Å².